The molecule has 2 aliphatic heterocycles. The molecule has 2 bridgehead atoms. The maximum atomic E-state index is 12.9. The Morgan fingerprint density at radius 3 is 2.41 bits per heavy atom. The second-order valence-electron chi connectivity index (χ2n) is 9.57. The van der Waals surface area contributed by atoms with E-state index in [1.165, 1.54) is 24.4 Å². The van der Waals surface area contributed by atoms with Crippen molar-refractivity contribution in [2.24, 2.45) is 5.92 Å². The number of allylic oxidation sites excluding steroid dienone is 1. The highest BCUT2D eigenvalue weighted by atomic mass is 32.1. The number of carboxylic acids is 1. The smallest absolute Gasteiger partial charge is 0.512 e. The molecule has 0 amide bonds. The van der Waals surface area contributed by atoms with Crippen LogP contribution >= 0.6 is 11.3 Å². The van der Waals surface area contributed by atoms with Gasteiger partial charge in [-0.25, -0.2) is 9.78 Å². The van der Waals surface area contributed by atoms with Crippen LogP contribution in [0.3, 0.4) is 0 Å². The van der Waals surface area contributed by atoms with Gasteiger partial charge in [-0.1, -0.05) is 23.5 Å². The van der Waals surface area contributed by atoms with Gasteiger partial charge in [-0.05, 0) is 50.7 Å². The zero-order valence-corrected chi connectivity index (χ0v) is 20.5. The monoisotopic (exact) mass is 537 g/mol. The molecule has 37 heavy (non-hydrogen) atoms. The maximum Gasteiger partial charge on any atom is 0.573 e. The van der Waals surface area contributed by atoms with Crippen LogP contribution < -0.4 is 9.64 Å². The number of benzene rings is 1. The molecule has 5 rings (SSSR count). The van der Waals surface area contributed by atoms with Crippen LogP contribution in [-0.2, 0) is 4.74 Å². The molecule has 12 heteroatoms. The van der Waals surface area contributed by atoms with Gasteiger partial charge in [0.25, 0.3) is 0 Å². The number of fused-ring (bicyclic) bond motifs is 2. The molecule has 2 unspecified atom stereocenters. The summed E-state index contributed by atoms with van der Waals surface area (Å²) in [7, 11) is 0. The molecular weight excluding hydrogens is 511 g/mol. The number of aromatic nitrogens is 1. The van der Waals surface area contributed by atoms with Crippen molar-refractivity contribution >= 4 is 28.1 Å². The number of hydrogen-bond donors (Lipinski definition) is 3. The number of anilines is 1. The van der Waals surface area contributed by atoms with E-state index in [0.717, 1.165) is 43.1 Å². The number of carboxylic acid groups (broad SMARTS) is 1. The molecule has 8 nitrogen and oxygen atoms in total. The van der Waals surface area contributed by atoms with Gasteiger partial charge in [-0.15, -0.1) is 13.2 Å². The number of alkyl halides is 3. The van der Waals surface area contributed by atoms with Gasteiger partial charge in [-0.2, -0.15) is 0 Å². The number of hydrogen-bond acceptors (Lipinski definition) is 8. The van der Waals surface area contributed by atoms with E-state index in [1.807, 2.05) is 0 Å². The second-order valence-corrected chi connectivity index (χ2v) is 10.6. The quantitative estimate of drug-likeness (QED) is 0.284. The molecule has 1 saturated carbocycles. The number of thiazole rings is 1. The number of aliphatic hydroxyl groups is 1. The standard InChI is InChI=1S/C25H26F3N3O5S/c26-25(27,28)36-19-4-2-1-3-17(19)21(29)18(22(32)13-5-6-13)12-35-16-9-14-7-8-15(10-16)31(14)24-30-11-20(37-24)23(33)34/h1-4,11,13-16,29,32H,5-10,12H2,(H,33,34)/b22-18-,29-21?/t14-,15?,16?/m0/s1. The number of ether oxygens (including phenoxy) is 2. The van der Waals surface area contributed by atoms with Crippen molar-refractivity contribution in [2.75, 3.05) is 11.5 Å². The van der Waals surface area contributed by atoms with Crippen LogP contribution in [0, 0.1) is 11.3 Å². The van der Waals surface area contributed by atoms with Gasteiger partial charge in [-0.3, -0.25) is 5.41 Å². The first kappa shape index (κ1) is 25.5. The Morgan fingerprint density at radius 2 is 1.81 bits per heavy atom. The van der Waals surface area contributed by atoms with Crippen LogP contribution in [0.25, 0.3) is 0 Å². The topological polar surface area (TPSA) is 116 Å². The Hall–Kier alpha value is -3.12. The molecular formula is C25H26F3N3O5S. The number of aliphatic hydroxyl groups excluding tert-OH is 1. The van der Waals surface area contributed by atoms with E-state index < -0.39 is 18.1 Å². The summed E-state index contributed by atoms with van der Waals surface area (Å²) in [6.07, 6.45) is 0.939. The van der Waals surface area contributed by atoms with E-state index in [0.29, 0.717) is 18.0 Å². The summed E-state index contributed by atoms with van der Waals surface area (Å²) >= 11 is 1.15. The number of aromatic carboxylic acids is 1. The minimum atomic E-state index is -4.91. The second kappa shape index (κ2) is 9.97. The molecule has 198 valence electrons. The zero-order chi connectivity index (χ0) is 26.3. The maximum absolute atomic E-state index is 12.9. The fourth-order valence-corrected chi connectivity index (χ4v) is 6.08. The number of piperidine rings is 1. The molecule has 1 aromatic heterocycles. The summed E-state index contributed by atoms with van der Waals surface area (Å²) in [6, 6.07) is 5.67. The number of rotatable bonds is 9. The van der Waals surface area contributed by atoms with Gasteiger partial charge in [0, 0.05) is 29.1 Å². The third-order valence-electron chi connectivity index (χ3n) is 7.04. The third kappa shape index (κ3) is 5.59. The lowest BCUT2D eigenvalue weighted by Gasteiger charge is -2.38. The molecule has 1 aromatic carbocycles. The molecule has 2 saturated heterocycles. The Morgan fingerprint density at radius 1 is 1.14 bits per heavy atom. The minimum Gasteiger partial charge on any atom is -0.512 e. The predicted octanol–water partition coefficient (Wildman–Crippen LogP) is 5.55. The van der Waals surface area contributed by atoms with Crippen molar-refractivity contribution in [3.8, 4) is 5.75 Å². The summed E-state index contributed by atoms with van der Waals surface area (Å²) in [5.41, 5.74) is -0.159. The van der Waals surface area contributed by atoms with Gasteiger partial charge in [0.15, 0.2) is 5.13 Å². The van der Waals surface area contributed by atoms with Crippen molar-refractivity contribution in [1.29, 1.82) is 5.41 Å². The Kier molecular flexibility index (Phi) is 6.88. The molecule has 3 N–H and O–H groups in total. The van der Waals surface area contributed by atoms with Crippen molar-refractivity contribution in [3.05, 3.63) is 52.2 Å². The molecule has 3 aliphatic rings. The summed E-state index contributed by atoms with van der Waals surface area (Å²) in [5.74, 6) is -1.65. The van der Waals surface area contributed by atoms with E-state index in [-0.39, 0.29) is 58.2 Å². The highest BCUT2D eigenvalue weighted by Gasteiger charge is 2.43. The molecule has 2 aromatic rings. The Labute approximate surface area is 214 Å². The van der Waals surface area contributed by atoms with Crippen molar-refractivity contribution in [1.82, 2.24) is 4.98 Å². The fourth-order valence-electron chi connectivity index (χ4n) is 5.19. The van der Waals surface area contributed by atoms with Gasteiger partial charge in [0.05, 0.1) is 24.6 Å². The summed E-state index contributed by atoms with van der Waals surface area (Å²) < 4.78 is 49.1. The molecule has 3 fully saturated rings. The number of nitrogens with one attached hydrogen (secondary N) is 1. The number of para-hydroxylation sites is 1. The zero-order valence-electron chi connectivity index (χ0n) is 19.7. The van der Waals surface area contributed by atoms with E-state index >= 15 is 0 Å². The first-order valence-corrected chi connectivity index (χ1v) is 12.9. The van der Waals surface area contributed by atoms with Crippen LogP contribution in [0.5, 0.6) is 5.75 Å². The molecule has 0 radical (unpaired) electrons. The normalized spacial score (nSPS) is 24.1. The Bertz CT molecular complexity index is 1210. The van der Waals surface area contributed by atoms with Crippen LogP contribution in [0.15, 0.2) is 41.8 Å². The number of nitrogens with zero attached hydrogens (tertiary/aromatic N) is 2. The van der Waals surface area contributed by atoms with Gasteiger partial charge < -0.3 is 24.6 Å². The van der Waals surface area contributed by atoms with E-state index in [2.05, 4.69) is 14.6 Å². The predicted molar refractivity (Wildman–Crippen MR) is 130 cm³/mol. The molecule has 1 aliphatic carbocycles. The van der Waals surface area contributed by atoms with E-state index in [4.69, 9.17) is 10.1 Å². The number of halogens is 3. The van der Waals surface area contributed by atoms with E-state index in [9.17, 15) is 28.2 Å². The van der Waals surface area contributed by atoms with Crippen molar-refractivity contribution in [3.63, 3.8) is 0 Å². The molecule has 0 spiro atoms. The average molecular weight is 538 g/mol. The lowest BCUT2D eigenvalue weighted by molar-refractivity contribution is -0.274. The number of carbonyl (C=O) groups is 1. The van der Waals surface area contributed by atoms with Gasteiger partial charge in [0.2, 0.25) is 0 Å². The lowest BCUT2D eigenvalue weighted by atomic mass is 9.98. The lowest BCUT2D eigenvalue weighted by Crippen LogP contribution is -2.45. The Balaban J connectivity index is 1.30. The summed E-state index contributed by atoms with van der Waals surface area (Å²) in [4.78, 5) is 17.9. The molecule has 3 heterocycles. The summed E-state index contributed by atoms with van der Waals surface area (Å²) in [6.45, 7) is -0.105. The largest absolute Gasteiger partial charge is 0.573 e. The summed E-state index contributed by atoms with van der Waals surface area (Å²) in [5, 5.41) is 29.4. The SMILES string of the molecule is N=C(/C(COC1CC2CC[C@@H](C1)N2c1ncc(C(=O)O)s1)=C(\O)C1CC1)c1ccccc1OC(F)(F)F. The van der Waals surface area contributed by atoms with Crippen molar-refractivity contribution < 1.29 is 37.7 Å². The average Bonchev–Trinajstić information content (AvgIpc) is 3.51. The third-order valence-corrected chi connectivity index (χ3v) is 8.03. The van der Waals surface area contributed by atoms with Crippen LogP contribution in [0.4, 0.5) is 18.3 Å². The van der Waals surface area contributed by atoms with Gasteiger partial charge >= 0.3 is 12.3 Å². The first-order chi connectivity index (χ1) is 17.6. The van der Waals surface area contributed by atoms with Crippen molar-refractivity contribution in [2.45, 2.75) is 63.1 Å². The van der Waals surface area contributed by atoms with E-state index in [1.54, 1.807) is 0 Å². The highest BCUT2D eigenvalue weighted by molar-refractivity contribution is 7.17. The molecule has 3 atom stereocenters. The highest BCUT2D eigenvalue weighted by Crippen LogP contribution is 2.42. The fraction of sp³-hybridized carbons (Fsp3) is 0.480. The van der Waals surface area contributed by atoms with Crippen LogP contribution in [0.1, 0.15) is 53.8 Å². The van der Waals surface area contributed by atoms with Gasteiger partial charge in [0.1, 0.15) is 16.4 Å². The minimum absolute atomic E-state index is 0.0174. The van der Waals surface area contributed by atoms with Crippen LogP contribution in [0.2, 0.25) is 0 Å². The first-order valence-electron chi connectivity index (χ1n) is 12.1. The van der Waals surface area contributed by atoms with Crippen LogP contribution in [-0.4, -0.2) is 58.0 Å².